The fraction of sp³-hybridized carbons (Fsp3) is 0.250. The van der Waals surface area contributed by atoms with Crippen molar-refractivity contribution >= 4 is 34.5 Å². The van der Waals surface area contributed by atoms with Gasteiger partial charge in [0.15, 0.2) is 12.7 Å². The Morgan fingerprint density at radius 2 is 1.86 bits per heavy atom. The molecule has 1 fully saturated rings. The van der Waals surface area contributed by atoms with Gasteiger partial charge in [0, 0.05) is 29.3 Å². The van der Waals surface area contributed by atoms with Gasteiger partial charge in [0.25, 0.3) is 5.56 Å². The zero-order chi connectivity index (χ0) is 26.0. The summed E-state index contributed by atoms with van der Waals surface area (Å²) in [6.45, 7) is 0.321. The third-order valence-corrected chi connectivity index (χ3v) is 5.36. The van der Waals surface area contributed by atoms with E-state index in [4.69, 9.17) is 9.47 Å². The molecule has 36 heavy (non-hydrogen) atoms. The highest BCUT2D eigenvalue weighted by molar-refractivity contribution is 5.95. The molecule has 1 aromatic heterocycles. The number of alkyl halides is 3. The first-order valence-electron chi connectivity index (χ1n) is 10.6. The molecule has 0 bridgehead atoms. The summed E-state index contributed by atoms with van der Waals surface area (Å²) in [5.41, 5.74) is -1.36. The Labute approximate surface area is 201 Å². The van der Waals surface area contributed by atoms with Gasteiger partial charge in [0.1, 0.15) is 6.61 Å². The van der Waals surface area contributed by atoms with Crippen LogP contribution < -0.4 is 10.5 Å². The van der Waals surface area contributed by atoms with Crippen molar-refractivity contribution < 1.29 is 41.8 Å². The van der Waals surface area contributed by atoms with Gasteiger partial charge in [-0.3, -0.25) is 14.5 Å². The third-order valence-electron chi connectivity index (χ3n) is 5.36. The molecule has 0 radical (unpaired) electrons. The molecule has 0 saturated carbocycles. The molecule has 12 heteroatoms. The summed E-state index contributed by atoms with van der Waals surface area (Å²) < 4.78 is 54.9. The average molecular weight is 504 g/mol. The number of fused-ring (bicyclic) bond motifs is 1. The van der Waals surface area contributed by atoms with Gasteiger partial charge < -0.3 is 19.2 Å². The number of anilines is 1. The predicted octanol–water partition coefficient (Wildman–Crippen LogP) is 3.65. The number of hydrogen-bond acceptors (Lipinski definition) is 7. The van der Waals surface area contributed by atoms with Crippen LogP contribution in [0.5, 0.6) is 0 Å². The number of halogens is 3. The Bertz CT molecular complexity index is 1400. The second kappa shape index (κ2) is 9.72. The fourth-order valence-corrected chi connectivity index (χ4v) is 3.73. The fourth-order valence-electron chi connectivity index (χ4n) is 3.73. The van der Waals surface area contributed by atoms with Crippen LogP contribution in [0.15, 0.2) is 53.3 Å². The molecule has 2 heterocycles. The van der Waals surface area contributed by atoms with Crippen LogP contribution in [0.1, 0.15) is 12.5 Å². The summed E-state index contributed by atoms with van der Waals surface area (Å²) in [6, 6.07) is 10.8. The summed E-state index contributed by atoms with van der Waals surface area (Å²) in [5.74, 6) is -1.45. The number of aromatic amines is 1. The minimum absolute atomic E-state index is 0.00406. The van der Waals surface area contributed by atoms with Gasteiger partial charge in [-0.15, -0.1) is 0 Å². The number of aromatic nitrogens is 1. The molecule has 9 nitrogen and oxygen atoms in total. The Morgan fingerprint density at radius 3 is 2.58 bits per heavy atom. The number of cyclic esters (lactones) is 1. The summed E-state index contributed by atoms with van der Waals surface area (Å²) in [7, 11) is 0. The molecule has 1 amide bonds. The number of nitrogens with zero attached hydrogens (tertiary/aromatic N) is 1. The van der Waals surface area contributed by atoms with E-state index in [-0.39, 0.29) is 29.8 Å². The maximum absolute atomic E-state index is 13.4. The smallest absolute Gasteiger partial charge is 0.417 e. The monoisotopic (exact) mass is 504 g/mol. The summed E-state index contributed by atoms with van der Waals surface area (Å²) in [6.07, 6.45) is -6.13. The Balaban J connectivity index is 1.54. The maximum Gasteiger partial charge on any atom is 0.417 e. The molecule has 0 spiro atoms. The highest BCUT2D eigenvalue weighted by Crippen LogP contribution is 2.36. The van der Waals surface area contributed by atoms with E-state index in [9.17, 15) is 32.3 Å². The largest absolute Gasteiger partial charge is 0.459 e. The first-order chi connectivity index (χ1) is 17.0. The van der Waals surface area contributed by atoms with Crippen LogP contribution in [0.25, 0.3) is 22.0 Å². The number of hydrogen-bond donors (Lipinski definition) is 1. The lowest BCUT2D eigenvalue weighted by atomic mass is 10.0. The SMILES string of the molecule is CC(=O)OCC(=O)OCC1CN(c2ccc3cc(-c4ccccc4C(F)(F)F)[nH]c(=O)c3c2)C(=O)O1. The van der Waals surface area contributed by atoms with Crippen LogP contribution in [-0.4, -0.2) is 48.9 Å². The molecule has 1 aliphatic heterocycles. The summed E-state index contributed by atoms with van der Waals surface area (Å²) >= 11 is 0. The molecular formula is C24H19F3N2O7. The first kappa shape index (κ1) is 24.8. The number of rotatable bonds is 6. The third kappa shape index (κ3) is 5.32. The molecule has 1 atom stereocenters. The van der Waals surface area contributed by atoms with E-state index in [0.29, 0.717) is 11.1 Å². The van der Waals surface area contributed by atoms with E-state index in [0.717, 1.165) is 13.0 Å². The van der Waals surface area contributed by atoms with Gasteiger partial charge in [0.2, 0.25) is 0 Å². The molecule has 1 saturated heterocycles. The molecule has 4 rings (SSSR count). The van der Waals surface area contributed by atoms with Crippen molar-refractivity contribution in [2.75, 3.05) is 24.7 Å². The van der Waals surface area contributed by atoms with Crippen molar-refractivity contribution in [3.8, 4) is 11.3 Å². The maximum atomic E-state index is 13.4. The highest BCUT2D eigenvalue weighted by atomic mass is 19.4. The molecule has 2 aromatic carbocycles. The van der Waals surface area contributed by atoms with Crippen molar-refractivity contribution in [3.63, 3.8) is 0 Å². The first-order valence-corrected chi connectivity index (χ1v) is 10.6. The number of carbonyl (C=O) groups excluding carboxylic acids is 3. The normalized spacial score (nSPS) is 15.6. The number of amides is 1. The predicted molar refractivity (Wildman–Crippen MR) is 120 cm³/mol. The van der Waals surface area contributed by atoms with Crippen LogP contribution >= 0.6 is 0 Å². The number of esters is 2. The number of pyridine rings is 1. The lowest BCUT2D eigenvalue weighted by Gasteiger charge is -2.15. The van der Waals surface area contributed by atoms with Gasteiger partial charge in [-0.1, -0.05) is 24.3 Å². The van der Waals surface area contributed by atoms with Crippen LogP contribution in [0.3, 0.4) is 0 Å². The standard InChI is InChI=1S/C24H19F3N2O7/c1-13(30)34-12-21(31)35-11-16-10-29(23(33)36-16)15-7-6-14-8-20(28-22(32)18(14)9-15)17-4-2-3-5-19(17)24(25,26)27/h2-9,16H,10-12H2,1H3,(H,28,32). The van der Waals surface area contributed by atoms with E-state index in [1.165, 1.54) is 47.4 Å². The topological polar surface area (TPSA) is 115 Å². The number of ether oxygens (including phenoxy) is 3. The Morgan fingerprint density at radius 1 is 1.11 bits per heavy atom. The Hall–Kier alpha value is -4.35. The average Bonchev–Trinajstić information content (AvgIpc) is 3.21. The minimum atomic E-state index is -4.60. The van der Waals surface area contributed by atoms with Crippen molar-refractivity contribution in [1.82, 2.24) is 4.98 Å². The Kier molecular flexibility index (Phi) is 6.69. The van der Waals surface area contributed by atoms with Gasteiger partial charge >= 0.3 is 24.2 Å². The van der Waals surface area contributed by atoms with Gasteiger partial charge in [-0.2, -0.15) is 13.2 Å². The van der Waals surface area contributed by atoms with Crippen molar-refractivity contribution in [3.05, 3.63) is 64.4 Å². The van der Waals surface area contributed by atoms with E-state index in [1.54, 1.807) is 0 Å². The van der Waals surface area contributed by atoms with Crippen LogP contribution in [0, 0.1) is 0 Å². The van der Waals surface area contributed by atoms with Gasteiger partial charge in [-0.05, 0) is 29.7 Å². The minimum Gasteiger partial charge on any atom is -0.459 e. The number of carbonyl (C=O) groups is 3. The second-order valence-corrected chi connectivity index (χ2v) is 7.91. The van der Waals surface area contributed by atoms with Gasteiger partial charge in [0.05, 0.1) is 12.1 Å². The van der Waals surface area contributed by atoms with Gasteiger partial charge in [-0.25, -0.2) is 9.59 Å². The summed E-state index contributed by atoms with van der Waals surface area (Å²) in [5, 5.41) is 0.530. The quantitative estimate of drug-likeness (QED) is 0.403. The lowest BCUT2D eigenvalue weighted by Crippen LogP contribution is -2.27. The van der Waals surface area contributed by atoms with E-state index in [1.807, 2.05) is 0 Å². The highest BCUT2D eigenvalue weighted by Gasteiger charge is 2.35. The zero-order valence-electron chi connectivity index (χ0n) is 18.8. The van der Waals surface area contributed by atoms with Crippen LogP contribution in [0.2, 0.25) is 0 Å². The van der Waals surface area contributed by atoms with E-state index >= 15 is 0 Å². The van der Waals surface area contributed by atoms with E-state index in [2.05, 4.69) is 9.72 Å². The second-order valence-electron chi connectivity index (χ2n) is 7.91. The number of nitrogens with one attached hydrogen (secondary N) is 1. The molecule has 1 N–H and O–H groups in total. The molecule has 1 aliphatic rings. The number of benzene rings is 2. The molecule has 0 aliphatic carbocycles. The van der Waals surface area contributed by atoms with Crippen molar-refractivity contribution in [1.29, 1.82) is 0 Å². The van der Waals surface area contributed by atoms with Crippen molar-refractivity contribution in [2.45, 2.75) is 19.2 Å². The molecule has 188 valence electrons. The molecule has 3 aromatic rings. The lowest BCUT2D eigenvalue weighted by molar-refractivity contribution is -0.159. The molecular weight excluding hydrogens is 485 g/mol. The summed E-state index contributed by atoms with van der Waals surface area (Å²) in [4.78, 5) is 51.1. The molecule has 1 unspecified atom stereocenters. The zero-order valence-corrected chi connectivity index (χ0v) is 18.8. The van der Waals surface area contributed by atoms with Crippen LogP contribution in [-0.2, 0) is 30.0 Å². The number of H-pyrrole nitrogens is 1. The van der Waals surface area contributed by atoms with E-state index < -0.39 is 48.0 Å². The van der Waals surface area contributed by atoms with Crippen molar-refractivity contribution in [2.24, 2.45) is 0 Å². The van der Waals surface area contributed by atoms with Crippen LogP contribution in [0.4, 0.5) is 23.7 Å².